The Balaban J connectivity index is 2.18. The van der Waals surface area contributed by atoms with Crippen molar-refractivity contribution < 1.29 is 22.7 Å². The van der Waals surface area contributed by atoms with Crippen molar-refractivity contribution in [2.75, 3.05) is 32.6 Å². The van der Waals surface area contributed by atoms with Crippen LogP contribution in [0.15, 0.2) is 18.2 Å². The number of nitrogens with zero attached hydrogens (tertiary/aromatic N) is 1. The molecule has 1 aromatic carbocycles. The number of hydrogen-bond donors (Lipinski definition) is 0. The van der Waals surface area contributed by atoms with Gasteiger partial charge in [-0.05, 0) is 38.5 Å². The van der Waals surface area contributed by atoms with Gasteiger partial charge in [0.25, 0.3) is 5.91 Å². The summed E-state index contributed by atoms with van der Waals surface area (Å²) in [6.45, 7) is 5.42. The van der Waals surface area contributed by atoms with Gasteiger partial charge in [0.05, 0.1) is 18.5 Å². The summed E-state index contributed by atoms with van der Waals surface area (Å²) in [5.41, 5.74) is 0.478. The van der Waals surface area contributed by atoms with Crippen molar-refractivity contribution in [2.45, 2.75) is 25.5 Å². The van der Waals surface area contributed by atoms with Crippen LogP contribution in [0, 0.1) is 0 Å². The van der Waals surface area contributed by atoms with E-state index >= 15 is 0 Å². The minimum Gasteiger partial charge on any atom is -0.490 e. The van der Waals surface area contributed by atoms with Gasteiger partial charge < -0.3 is 14.4 Å². The van der Waals surface area contributed by atoms with Crippen molar-refractivity contribution in [3.63, 3.8) is 0 Å². The molecule has 1 unspecified atom stereocenters. The third-order valence-electron chi connectivity index (χ3n) is 3.83. The largest absolute Gasteiger partial charge is 0.490 e. The number of amides is 1. The smallest absolute Gasteiger partial charge is 0.254 e. The van der Waals surface area contributed by atoms with Crippen LogP contribution in [0.1, 0.15) is 30.6 Å². The molecule has 23 heavy (non-hydrogen) atoms. The maximum Gasteiger partial charge on any atom is 0.254 e. The minimum atomic E-state index is -3.12. The highest BCUT2D eigenvalue weighted by atomic mass is 32.2. The maximum atomic E-state index is 12.6. The Bertz CT molecular complexity index is 671. The molecule has 1 aliphatic rings. The molecule has 2 rings (SSSR count). The van der Waals surface area contributed by atoms with Crippen molar-refractivity contribution in [2.24, 2.45) is 0 Å². The van der Waals surface area contributed by atoms with Crippen LogP contribution in [0.3, 0.4) is 0 Å². The molecule has 1 saturated heterocycles. The number of ether oxygens (including phenoxy) is 2. The van der Waals surface area contributed by atoms with E-state index in [-0.39, 0.29) is 12.5 Å². The predicted octanol–water partition coefficient (Wildman–Crippen LogP) is 1.74. The van der Waals surface area contributed by atoms with Crippen LogP contribution in [0.2, 0.25) is 0 Å². The van der Waals surface area contributed by atoms with Crippen molar-refractivity contribution in [3.05, 3.63) is 23.8 Å². The second-order valence-electron chi connectivity index (χ2n) is 5.52. The first-order valence-corrected chi connectivity index (χ1v) is 9.70. The van der Waals surface area contributed by atoms with E-state index in [4.69, 9.17) is 9.47 Å². The SMILES string of the molecule is CCOc1ccc(C(=O)N2CCC(S(C)(=O)=O)C2)cc1OCC. The molecule has 0 aromatic heterocycles. The maximum absolute atomic E-state index is 12.6. The van der Waals surface area contributed by atoms with Gasteiger partial charge in [0.1, 0.15) is 0 Å². The summed E-state index contributed by atoms with van der Waals surface area (Å²) in [5.74, 6) is 0.945. The van der Waals surface area contributed by atoms with Gasteiger partial charge in [0.2, 0.25) is 0 Å². The van der Waals surface area contributed by atoms with Crippen LogP contribution in [-0.4, -0.2) is 57.0 Å². The third-order valence-corrected chi connectivity index (χ3v) is 5.42. The summed E-state index contributed by atoms with van der Waals surface area (Å²) in [6, 6.07) is 5.06. The fourth-order valence-corrected chi connectivity index (χ4v) is 3.61. The third kappa shape index (κ3) is 4.16. The fraction of sp³-hybridized carbons (Fsp3) is 0.562. The summed E-state index contributed by atoms with van der Waals surface area (Å²) < 4.78 is 34.2. The lowest BCUT2D eigenvalue weighted by molar-refractivity contribution is 0.0792. The first-order chi connectivity index (χ1) is 10.9. The van der Waals surface area contributed by atoms with Crippen LogP contribution in [-0.2, 0) is 9.84 Å². The number of likely N-dealkylation sites (tertiary alicyclic amines) is 1. The Morgan fingerprint density at radius 3 is 2.43 bits per heavy atom. The van der Waals surface area contributed by atoms with Gasteiger partial charge in [0.15, 0.2) is 21.3 Å². The van der Waals surface area contributed by atoms with Crippen LogP contribution < -0.4 is 9.47 Å². The molecule has 1 aliphatic heterocycles. The highest BCUT2D eigenvalue weighted by molar-refractivity contribution is 7.91. The number of carbonyl (C=O) groups excluding carboxylic acids is 1. The first-order valence-electron chi connectivity index (χ1n) is 7.74. The number of rotatable bonds is 6. The van der Waals surface area contributed by atoms with E-state index in [0.717, 1.165) is 0 Å². The zero-order chi connectivity index (χ0) is 17.0. The quantitative estimate of drug-likeness (QED) is 0.788. The zero-order valence-electron chi connectivity index (χ0n) is 13.7. The van der Waals surface area contributed by atoms with Crippen molar-refractivity contribution >= 4 is 15.7 Å². The topological polar surface area (TPSA) is 72.9 Å². The van der Waals surface area contributed by atoms with Gasteiger partial charge in [0, 0.05) is 24.9 Å². The lowest BCUT2D eigenvalue weighted by Crippen LogP contribution is -2.31. The molecule has 1 aromatic rings. The molecule has 128 valence electrons. The molecule has 1 amide bonds. The summed E-state index contributed by atoms with van der Waals surface area (Å²) in [5, 5.41) is -0.472. The van der Waals surface area contributed by atoms with Crippen molar-refractivity contribution in [1.29, 1.82) is 0 Å². The Labute approximate surface area is 137 Å². The van der Waals surface area contributed by atoms with E-state index in [2.05, 4.69) is 0 Å². The van der Waals surface area contributed by atoms with Crippen LogP contribution in [0.5, 0.6) is 11.5 Å². The molecule has 1 heterocycles. The van der Waals surface area contributed by atoms with E-state index in [9.17, 15) is 13.2 Å². The average molecular weight is 341 g/mol. The molecular weight excluding hydrogens is 318 g/mol. The lowest BCUT2D eigenvalue weighted by Gasteiger charge is -2.18. The summed E-state index contributed by atoms with van der Waals surface area (Å²) in [6.07, 6.45) is 1.70. The molecule has 0 N–H and O–H groups in total. The molecule has 0 aliphatic carbocycles. The fourth-order valence-electron chi connectivity index (χ4n) is 2.63. The Morgan fingerprint density at radius 2 is 1.87 bits per heavy atom. The molecule has 0 bridgehead atoms. The number of carbonyl (C=O) groups is 1. The van der Waals surface area contributed by atoms with Gasteiger partial charge in [-0.15, -0.1) is 0 Å². The molecule has 0 saturated carbocycles. The Hall–Kier alpha value is -1.76. The molecular formula is C16H23NO5S. The lowest BCUT2D eigenvalue weighted by atomic mass is 10.1. The Morgan fingerprint density at radius 1 is 1.22 bits per heavy atom. The van der Waals surface area contributed by atoms with Crippen LogP contribution in [0.4, 0.5) is 0 Å². The predicted molar refractivity (Wildman–Crippen MR) is 87.9 cm³/mol. The normalized spacial score (nSPS) is 18.0. The second-order valence-corrected chi connectivity index (χ2v) is 7.84. The standard InChI is InChI=1S/C16H23NO5S/c1-4-21-14-7-6-12(10-15(14)22-5-2)16(18)17-9-8-13(11-17)23(3,19)20/h6-7,10,13H,4-5,8-9,11H2,1-3H3. The number of hydrogen-bond acceptors (Lipinski definition) is 5. The summed E-state index contributed by atoms with van der Waals surface area (Å²) >= 11 is 0. The van der Waals surface area contributed by atoms with Gasteiger partial charge >= 0.3 is 0 Å². The molecule has 1 fully saturated rings. The highest BCUT2D eigenvalue weighted by Gasteiger charge is 2.33. The van der Waals surface area contributed by atoms with E-state index < -0.39 is 15.1 Å². The van der Waals surface area contributed by atoms with Crippen LogP contribution in [0.25, 0.3) is 0 Å². The van der Waals surface area contributed by atoms with Gasteiger partial charge in [-0.1, -0.05) is 0 Å². The summed E-state index contributed by atoms with van der Waals surface area (Å²) in [7, 11) is -3.12. The van der Waals surface area contributed by atoms with Gasteiger partial charge in [-0.3, -0.25) is 4.79 Å². The van der Waals surface area contributed by atoms with Crippen LogP contribution >= 0.6 is 0 Å². The first kappa shape index (κ1) is 17.6. The number of sulfone groups is 1. The van der Waals surface area contributed by atoms with Gasteiger partial charge in [-0.2, -0.15) is 0 Å². The van der Waals surface area contributed by atoms with E-state index in [1.54, 1.807) is 23.1 Å². The second kappa shape index (κ2) is 7.21. The molecule has 0 spiro atoms. The van der Waals surface area contributed by atoms with E-state index in [1.165, 1.54) is 6.26 Å². The van der Waals surface area contributed by atoms with E-state index in [1.807, 2.05) is 13.8 Å². The zero-order valence-corrected chi connectivity index (χ0v) is 14.6. The molecule has 0 radical (unpaired) electrons. The van der Waals surface area contributed by atoms with Crippen molar-refractivity contribution in [3.8, 4) is 11.5 Å². The van der Waals surface area contributed by atoms with E-state index in [0.29, 0.717) is 43.2 Å². The molecule has 6 nitrogen and oxygen atoms in total. The Kier molecular flexibility index (Phi) is 5.51. The minimum absolute atomic E-state index is 0.180. The monoisotopic (exact) mass is 341 g/mol. The average Bonchev–Trinajstić information content (AvgIpc) is 2.99. The summed E-state index contributed by atoms with van der Waals surface area (Å²) in [4.78, 5) is 14.2. The molecule has 1 atom stereocenters. The molecule has 7 heteroatoms. The number of benzene rings is 1. The highest BCUT2D eigenvalue weighted by Crippen LogP contribution is 2.29. The van der Waals surface area contributed by atoms with Crippen molar-refractivity contribution in [1.82, 2.24) is 4.90 Å². The van der Waals surface area contributed by atoms with Gasteiger partial charge in [-0.25, -0.2) is 8.42 Å².